The zero-order valence-electron chi connectivity index (χ0n) is 36.1. The molecular formula is C60H42BNOSSi2. The van der Waals surface area contributed by atoms with Crippen molar-refractivity contribution in [3.8, 4) is 11.5 Å². The number of fused-ring (bicyclic) bond motifs is 6. The molecule has 310 valence electrons. The lowest BCUT2D eigenvalue weighted by molar-refractivity contribution is 0.486. The van der Waals surface area contributed by atoms with Crippen LogP contribution in [0.15, 0.2) is 265 Å². The van der Waals surface area contributed by atoms with Crippen LogP contribution in [0, 0.1) is 0 Å². The predicted octanol–water partition coefficient (Wildman–Crippen LogP) is 7.31. The average Bonchev–Trinajstić information content (AvgIpc) is 3.39. The smallest absolute Gasteiger partial charge is 0.256 e. The van der Waals surface area contributed by atoms with Crippen LogP contribution in [0.25, 0.3) is 0 Å². The molecule has 0 radical (unpaired) electrons. The average molecular weight is 892 g/mol. The first-order chi connectivity index (χ1) is 32.8. The zero-order chi connectivity index (χ0) is 43.7. The van der Waals surface area contributed by atoms with Crippen molar-refractivity contribution in [1.82, 2.24) is 0 Å². The number of anilines is 3. The van der Waals surface area contributed by atoms with Crippen LogP contribution in [-0.4, -0.2) is 22.9 Å². The van der Waals surface area contributed by atoms with E-state index in [0.29, 0.717) is 0 Å². The normalized spacial score (nSPS) is 13.9. The van der Waals surface area contributed by atoms with Crippen LogP contribution in [0.3, 0.4) is 0 Å². The van der Waals surface area contributed by atoms with Gasteiger partial charge in [0.25, 0.3) is 6.71 Å². The Bertz CT molecular complexity index is 3300. The molecule has 0 fully saturated rings. The van der Waals surface area contributed by atoms with Crippen LogP contribution in [0.2, 0.25) is 0 Å². The van der Waals surface area contributed by atoms with Gasteiger partial charge in [0.1, 0.15) is 11.5 Å². The Balaban J connectivity index is 1.17. The van der Waals surface area contributed by atoms with Crippen molar-refractivity contribution in [3.63, 3.8) is 0 Å². The van der Waals surface area contributed by atoms with Crippen LogP contribution >= 0.6 is 11.8 Å². The molecule has 0 spiro atoms. The van der Waals surface area contributed by atoms with Gasteiger partial charge >= 0.3 is 0 Å². The molecule has 3 aliphatic heterocycles. The van der Waals surface area contributed by atoms with E-state index >= 15 is 0 Å². The van der Waals surface area contributed by atoms with Gasteiger partial charge in [-0.25, -0.2) is 0 Å². The van der Waals surface area contributed by atoms with Gasteiger partial charge in [-0.2, -0.15) is 0 Å². The molecule has 0 aromatic heterocycles. The topological polar surface area (TPSA) is 12.5 Å². The fourth-order valence-corrected chi connectivity index (χ4v) is 22.8. The lowest BCUT2D eigenvalue weighted by atomic mass is 9.35. The van der Waals surface area contributed by atoms with Crippen molar-refractivity contribution in [2.45, 2.75) is 9.79 Å². The lowest BCUT2D eigenvalue weighted by Gasteiger charge is -2.47. The molecule has 6 heteroatoms. The van der Waals surface area contributed by atoms with Gasteiger partial charge in [0.15, 0.2) is 16.1 Å². The molecule has 13 rings (SSSR count). The van der Waals surface area contributed by atoms with Crippen LogP contribution in [0.1, 0.15) is 0 Å². The van der Waals surface area contributed by atoms with Crippen molar-refractivity contribution >= 4 is 110 Å². The Morgan fingerprint density at radius 3 is 1.50 bits per heavy atom. The summed E-state index contributed by atoms with van der Waals surface area (Å²) in [7, 11) is -6.05. The molecular weight excluding hydrogens is 850 g/mol. The molecule has 0 saturated carbocycles. The maximum Gasteiger partial charge on any atom is 0.256 e. The Morgan fingerprint density at radius 1 is 0.379 bits per heavy atom. The van der Waals surface area contributed by atoms with Gasteiger partial charge in [-0.3, -0.25) is 0 Å². The summed E-state index contributed by atoms with van der Waals surface area (Å²) < 4.78 is 7.01. The van der Waals surface area contributed by atoms with Crippen molar-refractivity contribution in [2.75, 3.05) is 4.90 Å². The predicted molar refractivity (Wildman–Crippen MR) is 284 cm³/mol. The van der Waals surface area contributed by atoms with Crippen molar-refractivity contribution in [1.29, 1.82) is 0 Å². The highest BCUT2D eigenvalue weighted by molar-refractivity contribution is 8.00. The summed E-state index contributed by atoms with van der Waals surface area (Å²) in [4.78, 5) is 5.15. The monoisotopic (exact) mass is 891 g/mol. The van der Waals surface area contributed by atoms with E-state index in [9.17, 15) is 0 Å². The molecule has 0 aliphatic carbocycles. The second-order valence-corrected chi connectivity index (χ2v) is 26.1. The van der Waals surface area contributed by atoms with Crippen molar-refractivity contribution in [2.24, 2.45) is 0 Å². The Kier molecular flexibility index (Phi) is 9.27. The largest absolute Gasteiger partial charge is 0.458 e. The molecule has 10 aromatic rings. The number of hydrogen-bond acceptors (Lipinski definition) is 3. The van der Waals surface area contributed by atoms with E-state index in [1.807, 2.05) is 11.8 Å². The zero-order valence-corrected chi connectivity index (χ0v) is 38.9. The quantitative estimate of drug-likeness (QED) is 0.123. The van der Waals surface area contributed by atoms with Crippen LogP contribution in [-0.2, 0) is 0 Å². The fourth-order valence-electron chi connectivity index (χ4n) is 11.6. The van der Waals surface area contributed by atoms with Gasteiger partial charge in [0, 0.05) is 26.9 Å². The van der Waals surface area contributed by atoms with Crippen molar-refractivity contribution in [3.05, 3.63) is 255 Å². The summed E-state index contributed by atoms with van der Waals surface area (Å²) in [5.41, 5.74) is 7.33. The van der Waals surface area contributed by atoms with Crippen LogP contribution in [0.5, 0.6) is 11.5 Å². The lowest BCUT2D eigenvalue weighted by Crippen LogP contribution is -2.79. The molecule has 3 aliphatic rings. The highest BCUT2D eigenvalue weighted by Gasteiger charge is 2.52. The molecule has 0 saturated heterocycles. The van der Waals surface area contributed by atoms with Crippen LogP contribution in [0.4, 0.5) is 17.1 Å². The maximum atomic E-state index is 7.01. The maximum absolute atomic E-state index is 7.01. The minimum absolute atomic E-state index is 0.00930. The van der Waals surface area contributed by atoms with Gasteiger partial charge in [-0.05, 0) is 94.9 Å². The number of nitrogens with zero attached hydrogens (tertiary/aromatic N) is 1. The van der Waals surface area contributed by atoms with E-state index in [1.165, 1.54) is 79.0 Å². The fraction of sp³-hybridized carbons (Fsp3) is 0. The third kappa shape index (κ3) is 5.69. The van der Waals surface area contributed by atoms with Crippen LogP contribution < -0.4 is 67.5 Å². The number of para-hydroxylation sites is 1. The first-order valence-electron chi connectivity index (χ1n) is 22.8. The van der Waals surface area contributed by atoms with Crippen molar-refractivity contribution < 1.29 is 4.74 Å². The second-order valence-electron chi connectivity index (χ2n) is 17.4. The number of benzene rings is 10. The number of ether oxygens (including phenoxy) is 1. The van der Waals surface area contributed by atoms with Gasteiger partial charge < -0.3 is 9.64 Å². The Morgan fingerprint density at radius 2 is 0.864 bits per heavy atom. The molecule has 0 unspecified atom stereocenters. The Labute approximate surface area is 393 Å². The van der Waals surface area contributed by atoms with Gasteiger partial charge in [-0.1, -0.05) is 230 Å². The van der Waals surface area contributed by atoms with E-state index in [2.05, 4.69) is 260 Å². The highest BCUT2D eigenvalue weighted by atomic mass is 32.2. The third-order valence-electron chi connectivity index (χ3n) is 14.2. The standard InChI is InChI=1S/C60H42BNOSSi2/c1-6-22-43(23-7-1)65(44-24-8-2-9-25-44,45-26-10-3-11-27-45)48-40-41-51-58(42-48)66(46-28-12-4-13-29-46,47-30-14-5-15-31-47)57-39-19-17-33-50(57)62(51)52-34-20-35-53-59(52)61-49-32-16-18-37-55(49)64-56-38-21-36-54(63-53)60(56)61/h1-42H. The Hall–Kier alpha value is -7.35. The second kappa shape index (κ2) is 15.7. The van der Waals surface area contributed by atoms with Gasteiger partial charge in [-0.15, -0.1) is 0 Å². The molecule has 0 N–H and O–H groups in total. The number of rotatable bonds is 7. The SMILES string of the molecule is c1ccc([Si](c2ccccc2)(c2ccccc2)c2ccc3c(c2)[Si](c2ccccc2)(c2ccccc2)c2ccccc2N3c2cccc3c2B2c4ccccc4Sc4cccc(c42)O3)cc1. The molecule has 0 bridgehead atoms. The van der Waals surface area contributed by atoms with E-state index in [1.54, 1.807) is 0 Å². The molecule has 2 nitrogen and oxygen atoms in total. The third-order valence-corrected chi connectivity index (χ3v) is 25.0. The van der Waals surface area contributed by atoms with E-state index in [4.69, 9.17) is 4.74 Å². The van der Waals surface area contributed by atoms with Gasteiger partial charge in [0.05, 0.1) is 0 Å². The summed E-state index contributed by atoms with van der Waals surface area (Å²) in [5.74, 6) is 1.85. The molecule has 0 amide bonds. The summed E-state index contributed by atoms with van der Waals surface area (Å²) in [6, 6.07) is 96.0. The minimum atomic E-state index is -3.09. The first-order valence-corrected chi connectivity index (χ1v) is 27.6. The summed E-state index contributed by atoms with van der Waals surface area (Å²) >= 11 is 1.85. The summed E-state index contributed by atoms with van der Waals surface area (Å²) in [5, 5.41) is 10.9. The molecule has 3 heterocycles. The van der Waals surface area contributed by atoms with Gasteiger partial charge in [0.2, 0.25) is 0 Å². The van der Waals surface area contributed by atoms with E-state index in [0.717, 1.165) is 17.2 Å². The summed E-state index contributed by atoms with van der Waals surface area (Å²) in [6.45, 7) is -0.00930. The number of hydrogen-bond donors (Lipinski definition) is 0. The highest BCUT2D eigenvalue weighted by Crippen LogP contribution is 2.42. The summed E-state index contributed by atoms with van der Waals surface area (Å²) in [6.07, 6.45) is 0. The molecule has 0 atom stereocenters. The van der Waals surface area contributed by atoms with E-state index < -0.39 is 16.1 Å². The molecule has 66 heavy (non-hydrogen) atoms. The minimum Gasteiger partial charge on any atom is -0.458 e. The first kappa shape index (κ1) is 39.1. The van der Waals surface area contributed by atoms with E-state index in [-0.39, 0.29) is 6.71 Å². The molecule has 10 aromatic carbocycles.